The first-order valence-corrected chi connectivity index (χ1v) is 12.9. The van der Waals surface area contributed by atoms with Crippen LogP contribution < -0.4 is 25.3 Å². The van der Waals surface area contributed by atoms with Gasteiger partial charge in [-0.05, 0) is 36.4 Å². The van der Waals surface area contributed by atoms with Crippen LogP contribution in [0.2, 0.25) is 0 Å². The number of pyridine rings is 1. The highest BCUT2D eigenvalue weighted by molar-refractivity contribution is 6.00. The molecule has 2 aromatic carbocycles. The molecular weight excluding hydrogens is 595 g/mol. The molecule has 44 heavy (non-hydrogen) atoms. The first kappa shape index (κ1) is 30.5. The highest BCUT2D eigenvalue weighted by Crippen LogP contribution is 2.48. The number of nitrogens with one attached hydrogen (secondary N) is 2. The first-order valence-electron chi connectivity index (χ1n) is 12.9. The third-order valence-corrected chi connectivity index (χ3v) is 7.54. The SMILES string of the molecule is COc1cc(OC)c2cc(C(=O)NC[C@](O)(c3cc4c(c(-c5ccc(F)cc5)n3)OC[C@]4(CF)C(N)=O)C(F)(F)F)[nH]c2c1. The summed E-state index contributed by atoms with van der Waals surface area (Å²) in [5, 5.41) is 13.7. The van der Waals surface area contributed by atoms with E-state index in [4.69, 9.17) is 19.9 Å². The van der Waals surface area contributed by atoms with Crippen molar-refractivity contribution in [2.24, 2.45) is 5.73 Å². The lowest BCUT2D eigenvalue weighted by molar-refractivity contribution is -0.265. The number of alkyl halides is 4. The molecule has 4 aromatic rings. The van der Waals surface area contributed by atoms with Gasteiger partial charge in [-0.25, -0.2) is 13.8 Å². The molecule has 0 fully saturated rings. The van der Waals surface area contributed by atoms with Gasteiger partial charge in [-0.2, -0.15) is 13.2 Å². The van der Waals surface area contributed by atoms with Crippen LogP contribution in [0.5, 0.6) is 17.2 Å². The topological polar surface area (TPSA) is 149 Å². The molecule has 2 atom stereocenters. The third-order valence-electron chi connectivity index (χ3n) is 7.54. The maximum Gasteiger partial charge on any atom is 0.424 e. The summed E-state index contributed by atoms with van der Waals surface area (Å²) in [6.45, 7) is -3.53. The number of hydrogen-bond donors (Lipinski definition) is 4. The van der Waals surface area contributed by atoms with E-state index in [0.29, 0.717) is 28.5 Å². The number of aliphatic hydroxyl groups is 1. The quantitative estimate of drug-likeness (QED) is 0.209. The Labute approximate surface area is 245 Å². The van der Waals surface area contributed by atoms with Crippen LogP contribution in [0.3, 0.4) is 0 Å². The second-order valence-electron chi connectivity index (χ2n) is 10.1. The summed E-state index contributed by atoms with van der Waals surface area (Å²) in [6.07, 6.45) is -5.46. The van der Waals surface area contributed by atoms with E-state index < -0.39 is 60.3 Å². The molecule has 15 heteroatoms. The van der Waals surface area contributed by atoms with Gasteiger partial charge in [0.25, 0.3) is 5.91 Å². The van der Waals surface area contributed by atoms with Crippen molar-refractivity contribution in [3.8, 4) is 28.5 Å². The van der Waals surface area contributed by atoms with Crippen molar-refractivity contribution in [1.82, 2.24) is 15.3 Å². The van der Waals surface area contributed by atoms with Gasteiger partial charge in [-0.1, -0.05) is 0 Å². The molecule has 5 rings (SSSR count). The maximum absolute atomic E-state index is 14.6. The first-order chi connectivity index (χ1) is 20.8. The number of benzene rings is 2. The molecule has 2 aromatic heterocycles. The molecule has 232 valence electrons. The fourth-order valence-corrected chi connectivity index (χ4v) is 4.93. The molecule has 3 heterocycles. The minimum Gasteiger partial charge on any atom is -0.497 e. The highest BCUT2D eigenvalue weighted by atomic mass is 19.4. The van der Waals surface area contributed by atoms with Crippen LogP contribution in [0, 0.1) is 5.82 Å². The van der Waals surface area contributed by atoms with Crippen LogP contribution in [-0.2, 0) is 15.8 Å². The van der Waals surface area contributed by atoms with E-state index in [1.165, 1.54) is 32.4 Å². The van der Waals surface area contributed by atoms with Gasteiger partial charge in [0.2, 0.25) is 11.5 Å². The van der Waals surface area contributed by atoms with Crippen LogP contribution in [0.1, 0.15) is 21.7 Å². The molecule has 0 saturated heterocycles. The second kappa shape index (κ2) is 11.0. The molecule has 0 spiro atoms. The number of fused-ring (bicyclic) bond motifs is 2. The number of aromatic nitrogens is 2. The normalized spacial score (nSPS) is 17.5. The van der Waals surface area contributed by atoms with Gasteiger partial charge in [0.05, 0.1) is 32.0 Å². The monoisotopic (exact) mass is 620 g/mol. The Bertz CT molecular complexity index is 1760. The number of nitrogens with two attached hydrogens (primary N) is 1. The van der Waals surface area contributed by atoms with E-state index in [2.05, 4.69) is 15.3 Å². The molecule has 1 aliphatic heterocycles. The van der Waals surface area contributed by atoms with Gasteiger partial charge in [0, 0.05) is 28.6 Å². The van der Waals surface area contributed by atoms with Crippen LogP contribution in [0.25, 0.3) is 22.2 Å². The lowest BCUT2D eigenvalue weighted by Gasteiger charge is -2.31. The van der Waals surface area contributed by atoms with E-state index in [9.17, 15) is 36.6 Å². The summed E-state index contributed by atoms with van der Waals surface area (Å²) in [6, 6.07) is 9.48. The number of nitrogens with zero attached hydrogens (tertiary/aromatic N) is 1. The summed E-state index contributed by atoms with van der Waals surface area (Å²) in [5.41, 5.74) is -2.14. The third kappa shape index (κ3) is 4.92. The number of carbonyl (C=O) groups is 2. The van der Waals surface area contributed by atoms with Crippen LogP contribution in [0.15, 0.2) is 48.5 Å². The van der Waals surface area contributed by atoms with Gasteiger partial charge in [0.15, 0.2) is 0 Å². The fourth-order valence-electron chi connectivity index (χ4n) is 4.93. The lowest BCUT2D eigenvalue weighted by Crippen LogP contribution is -2.52. The Balaban J connectivity index is 1.59. The Morgan fingerprint density at radius 1 is 1.14 bits per heavy atom. The summed E-state index contributed by atoms with van der Waals surface area (Å²) in [7, 11) is 2.80. The minimum absolute atomic E-state index is 0.0413. The van der Waals surface area contributed by atoms with Crippen LogP contribution >= 0.6 is 0 Å². The average molecular weight is 621 g/mol. The summed E-state index contributed by atoms with van der Waals surface area (Å²) >= 11 is 0. The van der Waals surface area contributed by atoms with E-state index in [0.717, 1.165) is 12.1 Å². The Morgan fingerprint density at radius 2 is 1.84 bits per heavy atom. The Kier molecular flexibility index (Phi) is 7.61. The number of methoxy groups -OCH3 is 2. The van der Waals surface area contributed by atoms with Crippen molar-refractivity contribution in [3.63, 3.8) is 0 Å². The van der Waals surface area contributed by atoms with Gasteiger partial charge in [-0.15, -0.1) is 0 Å². The van der Waals surface area contributed by atoms with Gasteiger partial charge in [-0.3, -0.25) is 9.59 Å². The zero-order valence-corrected chi connectivity index (χ0v) is 23.1. The lowest BCUT2D eigenvalue weighted by atomic mass is 9.81. The number of primary amides is 1. The summed E-state index contributed by atoms with van der Waals surface area (Å²) < 4.78 is 87.9. The number of rotatable bonds is 9. The zero-order chi connectivity index (χ0) is 32.0. The average Bonchev–Trinajstić information content (AvgIpc) is 3.61. The largest absolute Gasteiger partial charge is 0.497 e. The molecule has 1 aliphatic rings. The molecule has 0 aliphatic carbocycles. The number of carbonyl (C=O) groups excluding carboxylic acids is 2. The fraction of sp³-hybridized carbons (Fsp3) is 0.276. The van der Waals surface area contributed by atoms with E-state index in [1.54, 1.807) is 12.1 Å². The molecule has 2 amide bonds. The number of ether oxygens (including phenoxy) is 3. The smallest absolute Gasteiger partial charge is 0.424 e. The molecule has 0 saturated carbocycles. The molecular formula is C29H25F5N4O6. The number of amides is 2. The van der Waals surface area contributed by atoms with Crippen molar-refractivity contribution >= 4 is 22.7 Å². The molecule has 5 N–H and O–H groups in total. The van der Waals surface area contributed by atoms with Crippen molar-refractivity contribution < 1.29 is 50.9 Å². The van der Waals surface area contributed by atoms with Crippen LogP contribution in [-0.4, -0.2) is 67.1 Å². The van der Waals surface area contributed by atoms with Crippen molar-refractivity contribution in [2.75, 3.05) is 34.0 Å². The van der Waals surface area contributed by atoms with Gasteiger partial charge in [0.1, 0.15) is 53.2 Å². The Morgan fingerprint density at radius 3 is 2.43 bits per heavy atom. The van der Waals surface area contributed by atoms with Crippen molar-refractivity contribution in [3.05, 3.63) is 71.3 Å². The molecule has 0 bridgehead atoms. The summed E-state index contributed by atoms with van der Waals surface area (Å²) in [5.74, 6) is -2.46. The molecule has 0 unspecified atom stereocenters. The number of H-pyrrole nitrogens is 1. The van der Waals surface area contributed by atoms with E-state index >= 15 is 0 Å². The van der Waals surface area contributed by atoms with E-state index in [-0.39, 0.29) is 28.3 Å². The Hall–Kier alpha value is -4.92. The number of hydrogen-bond acceptors (Lipinski definition) is 7. The second-order valence-corrected chi connectivity index (χ2v) is 10.1. The maximum atomic E-state index is 14.6. The summed E-state index contributed by atoms with van der Waals surface area (Å²) in [4.78, 5) is 32.2. The predicted molar refractivity (Wildman–Crippen MR) is 146 cm³/mol. The zero-order valence-electron chi connectivity index (χ0n) is 23.1. The number of halogens is 5. The van der Waals surface area contributed by atoms with E-state index in [1.807, 2.05) is 0 Å². The van der Waals surface area contributed by atoms with Crippen molar-refractivity contribution in [2.45, 2.75) is 17.2 Å². The molecule has 0 radical (unpaired) electrons. The standard InChI is InChI=1S/C29H25F5N4O6/c1-42-16-7-19-17(21(8-16)43-2)9-20(37-19)25(39)36-12-28(41,29(32,33)34)22-10-18-24(44-13-27(18,11-30)26(35)40)23(38-22)14-3-5-15(31)6-4-14/h3-10,37,41H,11-13H2,1-2H3,(H2,35,40)(H,36,39)/t27-,28-/m0/s1. The van der Waals surface area contributed by atoms with Gasteiger partial charge >= 0.3 is 6.18 Å². The number of aromatic amines is 1. The van der Waals surface area contributed by atoms with Gasteiger partial charge < -0.3 is 35.4 Å². The minimum atomic E-state index is -5.46. The van der Waals surface area contributed by atoms with Crippen LogP contribution in [0.4, 0.5) is 22.0 Å². The molecule has 10 nitrogen and oxygen atoms in total. The highest BCUT2D eigenvalue weighted by Gasteiger charge is 2.58. The predicted octanol–water partition coefficient (Wildman–Crippen LogP) is 3.65. The van der Waals surface area contributed by atoms with Crippen molar-refractivity contribution in [1.29, 1.82) is 0 Å².